The van der Waals surface area contributed by atoms with Crippen LogP contribution in [0.2, 0.25) is 0 Å². The highest BCUT2D eigenvalue weighted by Crippen LogP contribution is 2.32. The highest BCUT2D eigenvalue weighted by Gasteiger charge is 2.38. The number of hydrogen-bond donors (Lipinski definition) is 3. The fourth-order valence-corrected chi connectivity index (χ4v) is 4.16. The summed E-state index contributed by atoms with van der Waals surface area (Å²) in [7, 11) is 3.31. The number of benzene rings is 1. The molecule has 0 unspecified atom stereocenters. The van der Waals surface area contributed by atoms with Crippen molar-refractivity contribution < 1.29 is 42.5 Å². The Kier molecular flexibility index (Phi) is 12.8. The standard InChI is InChI=1S/C26H41N3O5.C3H4F2O2/c1-26(2,3)25(31)28-20-13-19(15-27-16-20)24(30)29(21-7-8-21)17-18-11-22(33-5)14-23(12-18)34-10-6-9-32-4;1-3(4,5)2(6)7/h11-12,14,19-21,27H,6-10,13,15-17H2,1-5H3,(H,28,31);1H3,(H,6,7)/t19-,20+;/m0./s1. The van der Waals surface area contributed by atoms with Gasteiger partial charge in [-0.3, -0.25) is 9.59 Å². The first-order chi connectivity index (χ1) is 19.1. The van der Waals surface area contributed by atoms with Gasteiger partial charge in [0, 0.05) is 70.3 Å². The van der Waals surface area contributed by atoms with E-state index in [1.165, 1.54) is 0 Å². The van der Waals surface area contributed by atoms with E-state index in [9.17, 15) is 23.2 Å². The molecule has 2 fully saturated rings. The summed E-state index contributed by atoms with van der Waals surface area (Å²) < 4.78 is 38.9. The number of piperidine rings is 1. The number of methoxy groups -OCH3 is 2. The summed E-state index contributed by atoms with van der Waals surface area (Å²) in [5.41, 5.74) is 0.537. The first kappa shape index (κ1) is 34.2. The van der Waals surface area contributed by atoms with Crippen molar-refractivity contribution in [2.24, 2.45) is 11.3 Å². The molecule has 1 saturated carbocycles. The maximum absolute atomic E-state index is 13.6. The first-order valence-electron chi connectivity index (χ1n) is 13.9. The Labute approximate surface area is 241 Å². The lowest BCUT2D eigenvalue weighted by Gasteiger charge is -2.35. The Morgan fingerprint density at radius 3 is 2.22 bits per heavy atom. The molecule has 1 aromatic rings. The molecule has 0 spiro atoms. The molecular formula is C29H45F2N3O7. The smallest absolute Gasteiger partial charge is 0.374 e. The number of carbonyl (C=O) groups excluding carboxylic acids is 2. The maximum Gasteiger partial charge on any atom is 0.374 e. The third-order valence-corrected chi connectivity index (χ3v) is 6.65. The lowest BCUT2D eigenvalue weighted by molar-refractivity contribution is -0.162. The number of nitrogens with zero attached hydrogens (tertiary/aromatic N) is 1. The highest BCUT2D eigenvalue weighted by molar-refractivity contribution is 5.82. The van der Waals surface area contributed by atoms with Crippen LogP contribution in [0.15, 0.2) is 18.2 Å². The zero-order valence-corrected chi connectivity index (χ0v) is 24.9. The number of aliphatic carboxylic acids is 1. The van der Waals surface area contributed by atoms with Crippen LogP contribution in [0.4, 0.5) is 8.78 Å². The molecular weight excluding hydrogens is 540 g/mol. The molecule has 3 rings (SSSR count). The van der Waals surface area contributed by atoms with E-state index in [0.717, 1.165) is 30.6 Å². The lowest BCUT2D eigenvalue weighted by Crippen LogP contribution is -2.54. The molecule has 41 heavy (non-hydrogen) atoms. The Morgan fingerprint density at radius 1 is 1.05 bits per heavy atom. The molecule has 0 aromatic heterocycles. The largest absolute Gasteiger partial charge is 0.497 e. The van der Waals surface area contributed by atoms with Gasteiger partial charge in [-0.05, 0) is 37.0 Å². The van der Waals surface area contributed by atoms with Gasteiger partial charge in [-0.1, -0.05) is 20.8 Å². The number of ether oxygens (including phenoxy) is 3. The fraction of sp³-hybridized carbons (Fsp3) is 0.690. The van der Waals surface area contributed by atoms with Crippen LogP contribution in [0, 0.1) is 11.3 Å². The van der Waals surface area contributed by atoms with Gasteiger partial charge in [0.15, 0.2) is 0 Å². The van der Waals surface area contributed by atoms with Crippen molar-refractivity contribution in [1.82, 2.24) is 15.5 Å². The predicted octanol–water partition coefficient (Wildman–Crippen LogP) is 3.47. The van der Waals surface area contributed by atoms with Crippen LogP contribution in [-0.4, -0.2) is 86.3 Å². The van der Waals surface area contributed by atoms with E-state index in [1.807, 2.05) is 43.9 Å². The van der Waals surface area contributed by atoms with Crippen molar-refractivity contribution in [3.8, 4) is 11.5 Å². The van der Waals surface area contributed by atoms with E-state index >= 15 is 0 Å². The minimum atomic E-state index is -3.58. The second-order valence-electron chi connectivity index (χ2n) is 11.6. The Hall–Kier alpha value is -2.99. The monoisotopic (exact) mass is 585 g/mol. The molecule has 1 aromatic carbocycles. The van der Waals surface area contributed by atoms with Gasteiger partial charge in [-0.2, -0.15) is 8.78 Å². The Balaban J connectivity index is 0.000000745. The topological polar surface area (TPSA) is 126 Å². The van der Waals surface area contributed by atoms with Crippen molar-refractivity contribution in [1.29, 1.82) is 0 Å². The van der Waals surface area contributed by atoms with E-state index in [-0.39, 0.29) is 29.8 Å². The minimum Gasteiger partial charge on any atom is -0.497 e. The van der Waals surface area contributed by atoms with Crippen molar-refractivity contribution >= 4 is 17.8 Å². The SMILES string of the molecule is CC(F)(F)C(=O)O.COCCCOc1cc(CN(C(=O)[C@@H]2CNC[C@H](NC(=O)C(C)(C)C)C2)C2CC2)cc(OC)c1. The molecule has 0 radical (unpaired) electrons. The van der Waals surface area contributed by atoms with Gasteiger partial charge in [0.1, 0.15) is 11.5 Å². The summed E-state index contributed by atoms with van der Waals surface area (Å²) in [4.78, 5) is 37.3. The number of nitrogens with one attached hydrogen (secondary N) is 2. The normalized spacial score (nSPS) is 18.9. The Bertz CT molecular complexity index is 1020. The number of halogens is 2. The van der Waals surface area contributed by atoms with E-state index in [1.54, 1.807) is 14.2 Å². The van der Waals surface area contributed by atoms with Crippen LogP contribution in [0.25, 0.3) is 0 Å². The van der Waals surface area contributed by atoms with Crippen molar-refractivity contribution in [3.63, 3.8) is 0 Å². The van der Waals surface area contributed by atoms with Gasteiger partial charge in [0.05, 0.1) is 19.6 Å². The Morgan fingerprint density at radius 2 is 1.68 bits per heavy atom. The minimum absolute atomic E-state index is 0.0147. The first-order valence-corrected chi connectivity index (χ1v) is 13.9. The lowest BCUT2D eigenvalue weighted by atomic mass is 9.91. The zero-order valence-electron chi connectivity index (χ0n) is 24.9. The quantitative estimate of drug-likeness (QED) is 0.319. The van der Waals surface area contributed by atoms with Gasteiger partial charge in [0.2, 0.25) is 11.8 Å². The molecule has 1 saturated heterocycles. The van der Waals surface area contributed by atoms with E-state index in [4.69, 9.17) is 19.3 Å². The van der Waals surface area contributed by atoms with Crippen LogP contribution < -0.4 is 20.1 Å². The number of amides is 2. The van der Waals surface area contributed by atoms with Crippen LogP contribution >= 0.6 is 0 Å². The maximum atomic E-state index is 13.6. The molecule has 2 amide bonds. The number of rotatable bonds is 12. The van der Waals surface area contributed by atoms with Gasteiger partial charge >= 0.3 is 11.9 Å². The summed E-state index contributed by atoms with van der Waals surface area (Å²) >= 11 is 0. The summed E-state index contributed by atoms with van der Waals surface area (Å²) in [6.07, 6.45) is 3.51. The fourth-order valence-electron chi connectivity index (χ4n) is 4.16. The molecule has 1 aliphatic carbocycles. The molecule has 1 heterocycles. The van der Waals surface area contributed by atoms with Gasteiger partial charge in [0.25, 0.3) is 0 Å². The predicted molar refractivity (Wildman–Crippen MR) is 149 cm³/mol. The van der Waals surface area contributed by atoms with Crippen molar-refractivity contribution in [2.45, 2.75) is 77.9 Å². The van der Waals surface area contributed by atoms with E-state index < -0.39 is 17.3 Å². The second-order valence-corrected chi connectivity index (χ2v) is 11.6. The van der Waals surface area contributed by atoms with Gasteiger partial charge < -0.3 is 34.9 Å². The number of carbonyl (C=O) groups is 3. The van der Waals surface area contributed by atoms with Crippen molar-refractivity contribution in [2.75, 3.05) is 40.5 Å². The summed E-state index contributed by atoms with van der Waals surface area (Å²) in [5.74, 6) is -4.22. The molecule has 0 bridgehead atoms. The molecule has 3 N–H and O–H groups in total. The molecule has 10 nitrogen and oxygen atoms in total. The van der Waals surface area contributed by atoms with Crippen LogP contribution in [0.3, 0.4) is 0 Å². The average Bonchev–Trinajstić information content (AvgIpc) is 3.74. The highest BCUT2D eigenvalue weighted by atomic mass is 19.3. The number of carboxylic acid groups (broad SMARTS) is 1. The van der Waals surface area contributed by atoms with E-state index in [2.05, 4.69) is 10.6 Å². The third kappa shape index (κ3) is 11.8. The summed E-state index contributed by atoms with van der Waals surface area (Å²) in [6.45, 7) is 9.08. The summed E-state index contributed by atoms with van der Waals surface area (Å²) in [5, 5.41) is 14.0. The zero-order chi connectivity index (χ0) is 30.8. The molecule has 12 heteroatoms. The molecule has 232 valence electrons. The van der Waals surface area contributed by atoms with Crippen molar-refractivity contribution in [3.05, 3.63) is 23.8 Å². The van der Waals surface area contributed by atoms with Crippen LogP contribution in [0.1, 0.15) is 58.9 Å². The third-order valence-electron chi connectivity index (χ3n) is 6.65. The molecule has 2 atom stereocenters. The van der Waals surface area contributed by atoms with Gasteiger partial charge in [-0.15, -0.1) is 0 Å². The average molecular weight is 586 g/mol. The molecule has 2 aliphatic rings. The van der Waals surface area contributed by atoms with Crippen LogP contribution in [-0.2, 0) is 25.7 Å². The van der Waals surface area contributed by atoms with Gasteiger partial charge in [-0.25, -0.2) is 4.79 Å². The van der Waals surface area contributed by atoms with Crippen LogP contribution in [0.5, 0.6) is 11.5 Å². The second kappa shape index (κ2) is 15.3. The number of hydrogen-bond acceptors (Lipinski definition) is 7. The van der Waals surface area contributed by atoms with E-state index in [0.29, 0.717) is 51.9 Å². The number of alkyl halides is 2. The summed E-state index contributed by atoms with van der Waals surface area (Å²) in [6, 6.07) is 6.06. The molecule has 1 aliphatic heterocycles. The number of carboxylic acids is 1.